The molecule has 8 heteroatoms. The molecule has 0 amide bonds. The van der Waals surface area contributed by atoms with Crippen LogP contribution < -0.4 is 10.6 Å². The van der Waals surface area contributed by atoms with E-state index < -0.39 is 0 Å². The highest BCUT2D eigenvalue weighted by Gasteiger charge is 2.20. The molecular weight excluding hydrogens is 332 g/mol. The number of aromatic nitrogens is 4. The van der Waals surface area contributed by atoms with Crippen molar-refractivity contribution in [2.75, 3.05) is 36.9 Å². The Bertz CT molecular complexity index is 1070. The van der Waals surface area contributed by atoms with Crippen molar-refractivity contribution in [3.8, 4) is 11.5 Å². The van der Waals surface area contributed by atoms with Gasteiger partial charge in [-0.3, -0.25) is 0 Å². The normalized spacial score (nSPS) is 15.0. The van der Waals surface area contributed by atoms with E-state index in [1.54, 1.807) is 6.20 Å². The van der Waals surface area contributed by atoms with Crippen molar-refractivity contribution in [1.82, 2.24) is 19.9 Å². The molecule has 0 aliphatic carbocycles. The first-order chi connectivity index (χ1) is 12.8. The minimum Gasteiger partial charge on any atom is -0.454 e. The molecule has 0 bridgehead atoms. The van der Waals surface area contributed by atoms with E-state index in [1.807, 2.05) is 30.3 Å². The van der Waals surface area contributed by atoms with Crippen molar-refractivity contribution in [2.24, 2.45) is 0 Å². The Morgan fingerprint density at radius 2 is 1.88 bits per heavy atom. The smallest absolute Gasteiger partial charge is 0.224 e. The van der Waals surface area contributed by atoms with Crippen molar-refractivity contribution < 1.29 is 9.15 Å². The van der Waals surface area contributed by atoms with Crippen LogP contribution in [0.3, 0.4) is 0 Å². The fraction of sp³-hybridized carbons (Fsp3) is 0.222. The number of morpholine rings is 1. The number of rotatable bonds is 2. The predicted octanol–water partition coefficient (Wildman–Crippen LogP) is 2.25. The first-order valence-electron chi connectivity index (χ1n) is 8.40. The lowest BCUT2D eigenvalue weighted by Gasteiger charge is -2.28. The van der Waals surface area contributed by atoms with Crippen LogP contribution in [0.2, 0.25) is 0 Å². The molecule has 0 saturated carbocycles. The molecule has 0 atom stereocenters. The Hall–Kier alpha value is -3.26. The third-order valence-electron chi connectivity index (χ3n) is 4.39. The molecule has 1 fully saturated rings. The van der Waals surface area contributed by atoms with Gasteiger partial charge in [0.25, 0.3) is 0 Å². The fourth-order valence-corrected chi connectivity index (χ4v) is 3.13. The van der Waals surface area contributed by atoms with Crippen LogP contribution in [0.15, 0.2) is 40.9 Å². The number of nitrogens with two attached hydrogens (primary N) is 1. The Balaban J connectivity index is 1.66. The van der Waals surface area contributed by atoms with Gasteiger partial charge in [0.15, 0.2) is 22.7 Å². The van der Waals surface area contributed by atoms with Crippen molar-refractivity contribution in [3.05, 3.63) is 36.5 Å². The Kier molecular flexibility index (Phi) is 3.42. The van der Waals surface area contributed by atoms with Crippen molar-refractivity contribution >= 4 is 33.9 Å². The number of fused-ring (bicyclic) bond motifs is 2. The van der Waals surface area contributed by atoms with Crippen molar-refractivity contribution in [2.45, 2.75) is 0 Å². The summed E-state index contributed by atoms with van der Waals surface area (Å²) in [6.45, 7) is 2.73. The average molecular weight is 348 g/mol. The third-order valence-corrected chi connectivity index (χ3v) is 4.39. The van der Waals surface area contributed by atoms with Crippen LogP contribution in [-0.4, -0.2) is 46.2 Å². The Morgan fingerprint density at radius 3 is 2.73 bits per heavy atom. The average Bonchev–Trinajstić information content (AvgIpc) is 3.12. The summed E-state index contributed by atoms with van der Waals surface area (Å²) in [5, 5.41) is 1.02. The molecule has 3 aromatic heterocycles. The molecule has 0 spiro atoms. The van der Waals surface area contributed by atoms with Crippen LogP contribution in [0.4, 0.5) is 11.8 Å². The monoisotopic (exact) mass is 348 g/mol. The maximum absolute atomic E-state index is 5.91. The van der Waals surface area contributed by atoms with Crippen LogP contribution >= 0.6 is 0 Å². The van der Waals surface area contributed by atoms with E-state index >= 15 is 0 Å². The first-order valence-corrected chi connectivity index (χ1v) is 8.40. The van der Waals surface area contributed by atoms with Gasteiger partial charge in [0.2, 0.25) is 5.95 Å². The number of hydrogen-bond donors (Lipinski definition) is 1. The zero-order chi connectivity index (χ0) is 17.5. The van der Waals surface area contributed by atoms with Gasteiger partial charge >= 0.3 is 0 Å². The minimum absolute atomic E-state index is 0.185. The van der Waals surface area contributed by atoms with Gasteiger partial charge in [0.1, 0.15) is 11.3 Å². The molecule has 1 aliphatic heterocycles. The summed E-state index contributed by atoms with van der Waals surface area (Å²) in [6.07, 6.45) is 1.65. The molecule has 4 aromatic rings. The molecule has 0 radical (unpaired) electrons. The fourth-order valence-electron chi connectivity index (χ4n) is 3.13. The third kappa shape index (κ3) is 2.51. The summed E-state index contributed by atoms with van der Waals surface area (Å²) < 4.78 is 11.3. The number of furan rings is 1. The van der Waals surface area contributed by atoms with Gasteiger partial charge in [-0.2, -0.15) is 9.97 Å². The van der Waals surface area contributed by atoms with Gasteiger partial charge in [-0.1, -0.05) is 18.2 Å². The molecule has 1 saturated heterocycles. The van der Waals surface area contributed by atoms with Crippen LogP contribution in [0.5, 0.6) is 0 Å². The summed E-state index contributed by atoms with van der Waals surface area (Å²) in [4.78, 5) is 19.9. The van der Waals surface area contributed by atoms with Crippen LogP contribution in [0.25, 0.3) is 33.6 Å². The number of anilines is 2. The van der Waals surface area contributed by atoms with E-state index in [0.717, 1.165) is 24.1 Å². The second-order valence-corrected chi connectivity index (χ2v) is 6.08. The Labute approximate surface area is 148 Å². The minimum atomic E-state index is 0.185. The zero-order valence-electron chi connectivity index (χ0n) is 13.9. The number of hydrogen-bond acceptors (Lipinski definition) is 8. The first kappa shape index (κ1) is 15.0. The summed E-state index contributed by atoms with van der Waals surface area (Å²) in [5.41, 5.74) is 8.39. The molecule has 8 nitrogen and oxygen atoms in total. The van der Waals surface area contributed by atoms with Crippen LogP contribution in [0, 0.1) is 0 Å². The lowest BCUT2D eigenvalue weighted by atomic mass is 10.2. The van der Waals surface area contributed by atoms with Gasteiger partial charge in [0.05, 0.1) is 19.4 Å². The summed E-state index contributed by atoms with van der Waals surface area (Å²) >= 11 is 0. The highest BCUT2D eigenvalue weighted by Crippen LogP contribution is 2.29. The predicted molar refractivity (Wildman–Crippen MR) is 97.8 cm³/mol. The number of nitrogens with zero attached hydrogens (tertiary/aromatic N) is 5. The summed E-state index contributed by atoms with van der Waals surface area (Å²) in [5.74, 6) is 1.52. The maximum atomic E-state index is 5.91. The molecule has 5 rings (SSSR count). The molecule has 0 unspecified atom stereocenters. The molecule has 4 heterocycles. The standard InChI is InChI=1S/C18H16N6O2/c19-18-22-16-15(17(23-18)24-5-7-25-8-6-24)21-12(10-20-16)14-9-11-3-1-2-4-13(11)26-14/h1-4,9-10H,5-8H2,(H2,19,20,22,23). The second-order valence-electron chi connectivity index (χ2n) is 6.08. The van der Waals surface area contributed by atoms with E-state index in [0.29, 0.717) is 41.6 Å². The Morgan fingerprint density at radius 1 is 1.04 bits per heavy atom. The molecule has 2 N–H and O–H groups in total. The van der Waals surface area contributed by atoms with E-state index in [-0.39, 0.29) is 5.95 Å². The van der Waals surface area contributed by atoms with Gasteiger partial charge in [0, 0.05) is 18.5 Å². The van der Waals surface area contributed by atoms with Gasteiger partial charge < -0.3 is 19.8 Å². The summed E-state index contributed by atoms with van der Waals surface area (Å²) in [6, 6.07) is 9.80. The quantitative estimate of drug-likeness (QED) is 0.588. The maximum Gasteiger partial charge on any atom is 0.224 e. The highest BCUT2D eigenvalue weighted by atomic mass is 16.5. The van der Waals surface area contributed by atoms with E-state index in [1.165, 1.54) is 0 Å². The van der Waals surface area contributed by atoms with Gasteiger partial charge in [-0.05, 0) is 12.1 Å². The lowest BCUT2D eigenvalue weighted by Crippen LogP contribution is -2.37. The van der Waals surface area contributed by atoms with Gasteiger partial charge in [-0.15, -0.1) is 0 Å². The number of nitrogen functional groups attached to an aromatic ring is 1. The van der Waals surface area contributed by atoms with E-state index in [4.69, 9.17) is 19.9 Å². The molecule has 1 aliphatic rings. The van der Waals surface area contributed by atoms with Gasteiger partial charge in [-0.25, -0.2) is 9.97 Å². The zero-order valence-corrected chi connectivity index (χ0v) is 13.9. The van der Waals surface area contributed by atoms with E-state index in [2.05, 4.69) is 19.9 Å². The number of ether oxygens (including phenoxy) is 1. The second kappa shape index (κ2) is 5.92. The molecule has 26 heavy (non-hydrogen) atoms. The van der Waals surface area contributed by atoms with Crippen LogP contribution in [0.1, 0.15) is 0 Å². The summed E-state index contributed by atoms with van der Waals surface area (Å²) in [7, 11) is 0. The van der Waals surface area contributed by atoms with Crippen molar-refractivity contribution in [3.63, 3.8) is 0 Å². The molecule has 1 aromatic carbocycles. The van der Waals surface area contributed by atoms with Crippen molar-refractivity contribution in [1.29, 1.82) is 0 Å². The SMILES string of the molecule is Nc1nc(N2CCOCC2)c2nc(-c3cc4ccccc4o3)cnc2n1. The largest absolute Gasteiger partial charge is 0.454 e. The lowest BCUT2D eigenvalue weighted by molar-refractivity contribution is 0.122. The highest BCUT2D eigenvalue weighted by molar-refractivity contribution is 5.87. The molecule has 130 valence electrons. The number of para-hydroxylation sites is 1. The topological polar surface area (TPSA) is 103 Å². The molecular formula is C18H16N6O2. The van der Waals surface area contributed by atoms with E-state index in [9.17, 15) is 0 Å². The number of benzene rings is 1. The van der Waals surface area contributed by atoms with Crippen LogP contribution in [-0.2, 0) is 4.74 Å².